The van der Waals surface area contributed by atoms with Gasteiger partial charge in [-0.25, -0.2) is 4.79 Å². The molecule has 0 aliphatic carbocycles. The van der Waals surface area contributed by atoms with Gasteiger partial charge in [-0.1, -0.05) is 17.7 Å². The van der Waals surface area contributed by atoms with Crippen LogP contribution in [0.25, 0.3) is 0 Å². The highest BCUT2D eigenvalue weighted by Crippen LogP contribution is 2.34. The van der Waals surface area contributed by atoms with Gasteiger partial charge in [-0.05, 0) is 31.0 Å². The predicted octanol–water partition coefficient (Wildman–Crippen LogP) is 2.24. The fourth-order valence-electron chi connectivity index (χ4n) is 2.12. The number of benzene rings is 1. The van der Waals surface area contributed by atoms with Crippen molar-refractivity contribution in [3.05, 3.63) is 28.3 Å². The average molecular weight is 255 g/mol. The van der Waals surface area contributed by atoms with Gasteiger partial charge in [-0.2, -0.15) is 0 Å². The molecule has 0 spiro atoms. The number of rotatable bonds is 2. The van der Waals surface area contributed by atoms with Crippen molar-refractivity contribution in [2.45, 2.75) is 19.9 Å². The molecule has 1 aromatic carbocycles. The first-order valence-electron chi connectivity index (χ1n) is 5.47. The van der Waals surface area contributed by atoms with Crippen LogP contribution in [0.2, 0.25) is 5.02 Å². The lowest BCUT2D eigenvalue weighted by molar-refractivity contribution is 0.179. The fraction of sp³-hybridized carbons (Fsp3) is 0.417. The van der Waals surface area contributed by atoms with E-state index in [-0.39, 0.29) is 12.1 Å². The van der Waals surface area contributed by atoms with Gasteiger partial charge in [0.05, 0.1) is 16.8 Å². The Morgan fingerprint density at radius 3 is 2.82 bits per heavy atom. The molecule has 0 radical (unpaired) electrons. The van der Waals surface area contributed by atoms with E-state index >= 15 is 0 Å². The number of aryl methyl sites for hydroxylation is 2. The van der Waals surface area contributed by atoms with E-state index in [0.717, 1.165) is 11.1 Å². The van der Waals surface area contributed by atoms with E-state index in [9.17, 15) is 4.79 Å². The molecule has 1 unspecified atom stereocenters. The zero-order chi connectivity index (χ0) is 12.6. The number of hydrogen-bond donors (Lipinski definition) is 1. The van der Waals surface area contributed by atoms with E-state index in [2.05, 4.69) is 0 Å². The van der Waals surface area contributed by atoms with Crippen LogP contribution in [0.15, 0.2) is 12.1 Å². The standard InChI is InChI=1S/C12H15ClN2O2/c1-7-3-8(2)11(10(13)4-7)15-9(5-14)6-17-12(15)16/h3-4,9H,5-6,14H2,1-2H3. The summed E-state index contributed by atoms with van der Waals surface area (Å²) in [5.74, 6) is 0. The average Bonchev–Trinajstić information content (AvgIpc) is 2.59. The maximum atomic E-state index is 11.7. The predicted molar refractivity (Wildman–Crippen MR) is 67.6 cm³/mol. The Morgan fingerprint density at radius 1 is 1.53 bits per heavy atom. The summed E-state index contributed by atoms with van der Waals surface area (Å²) in [7, 11) is 0. The molecule has 1 heterocycles. The third-order valence-electron chi connectivity index (χ3n) is 2.87. The van der Waals surface area contributed by atoms with Crippen LogP contribution in [0.5, 0.6) is 0 Å². The second kappa shape index (κ2) is 4.55. The molecule has 1 aliphatic rings. The summed E-state index contributed by atoms with van der Waals surface area (Å²) in [6.07, 6.45) is -0.380. The van der Waals surface area contributed by atoms with E-state index in [1.807, 2.05) is 26.0 Å². The van der Waals surface area contributed by atoms with Crippen molar-refractivity contribution in [1.82, 2.24) is 0 Å². The Morgan fingerprint density at radius 2 is 2.24 bits per heavy atom. The number of ether oxygens (including phenoxy) is 1. The van der Waals surface area contributed by atoms with Crippen molar-refractivity contribution < 1.29 is 9.53 Å². The van der Waals surface area contributed by atoms with E-state index in [1.165, 1.54) is 0 Å². The Hall–Kier alpha value is -1.26. The number of hydrogen-bond acceptors (Lipinski definition) is 3. The largest absolute Gasteiger partial charge is 0.447 e. The van der Waals surface area contributed by atoms with E-state index in [4.69, 9.17) is 22.1 Å². The lowest BCUT2D eigenvalue weighted by Gasteiger charge is -2.23. The van der Waals surface area contributed by atoms with Gasteiger partial charge < -0.3 is 10.5 Å². The molecule has 1 saturated heterocycles. The molecule has 1 amide bonds. The van der Waals surface area contributed by atoms with Crippen molar-refractivity contribution in [1.29, 1.82) is 0 Å². The minimum absolute atomic E-state index is 0.138. The highest BCUT2D eigenvalue weighted by molar-refractivity contribution is 6.34. The van der Waals surface area contributed by atoms with Gasteiger partial charge in [-0.15, -0.1) is 0 Å². The number of cyclic esters (lactones) is 1. The molecule has 4 nitrogen and oxygen atoms in total. The van der Waals surface area contributed by atoms with Crippen LogP contribution in [0.4, 0.5) is 10.5 Å². The summed E-state index contributed by atoms with van der Waals surface area (Å²) in [6, 6.07) is 3.69. The molecule has 2 N–H and O–H groups in total. The number of amides is 1. The minimum atomic E-state index is -0.380. The number of nitrogens with zero attached hydrogens (tertiary/aromatic N) is 1. The van der Waals surface area contributed by atoms with Gasteiger partial charge in [0.1, 0.15) is 6.61 Å². The van der Waals surface area contributed by atoms with Crippen LogP contribution in [-0.4, -0.2) is 25.3 Å². The highest BCUT2D eigenvalue weighted by Gasteiger charge is 2.35. The lowest BCUT2D eigenvalue weighted by Crippen LogP contribution is -2.39. The minimum Gasteiger partial charge on any atom is -0.447 e. The van der Waals surface area contributed by atoms with Gasteiger partial charge in [0, 0.05) is 6.54 Å². The third-order valence-corrected chi connectivity index (χ3v) is 3.16. The number of halogens is 1. The molecule has 1 atom stereocenters. The first-order chi connectivity index (χ1) is 8.04. The summed E-state index contributed by atoms with van der Waals surface area (Å²) < 4.78 is 5.01. The van der Waals surface area contributed by atoms with Crippen molar-refractivity contribution in [3.8, 4) is 0 Å². The maximum absolute atomic E-state index is 11.7. The molecule has 0 saturated carbocycles. The van der Waals surface area contributed by atoms with Crippen LogP contribution in [0.1, 0.15) is 11.1 Å². The smallest absolute Gasteiger partial charge is 0.414 e. The lowest BCUT2D eigenvalue weighted by atomic mass is 10.1. The Bertz CT molecular complexity index is 439. The third kappa shape index (κ3) is 2.10. The second-order valence-electron chi connectivity index (χ2n) is 4.25. The second-order valence-corrected chi connectivity index (χ2v) is 4.66. The van der Waals surface area contributed by atoms with Crippen LogP contribution < -0.4 is 10.6 Å². The summed E-state index contributed by atoms with van der Waals surface area (Å²) >= 11 is 6.21. The van der Waals surface area contributed by atoms with E-state index in [0.29, 0.717) is 23.9 Å². The van der Waals surface area contributed by atoms with Crippen LogP contribution in [0, 0.1) is 13.8 Å². The fourth-order valence-corrected chi connectivity index (χ4v) is 2.53. The summed E-state index contributed by atoms with van der Waals surface area (Å²) in [6.45, 7) is 4.56. The number of anilines is 1. The van der Waals surface area contributed by atoms with Gasteiger partial charge in [0.15, 0.2) is 0 Å². The summed E-state index contributed by atoms with van der Waals surface area (Å²) in [5, 5.41) is 0.555. The maximum Gasteiger partial charge on any atom is 0.414 e. The molecule has 2 rings (SSSR count). The van der Waals surface area contributed by atoms with Gasteiger partial charge in [0.2, 0.25) is 0 Å². The molecule has 0 aromatic heterocycles. The SMILES string of the molecule is Cc1cc(C)c(N2C(=O)OCC2CN)c(Cl)c1. The van der Waals surface area contributed by atoms with E-state index in [1.54, 1.807) is 4.90 Å². The Labute approximate surface area is 105 Å². The molecule has 92 valence electrons. The highest BCUT2D eigenvalue weighted by atomic mass is 35.5. The quantitative estimate of drug-likeness (QED) is 0.881. The van der Waals surface area contributed by atoms with Gasteiger partial charge >= 0.3 is 6.09 Å². The zero-order valence-corrected chi connectivity index (χ0v) is 10.6. The molecule has 1 fully saturated rings. The Balaban J connectivity index is 2.49. The van der Waals surface area contributed by atoms with Crippen molar-refractivity contribution in [2.75, 3.05) is 18.1 Å². The normalized spacial score (nSPS) is 19.6. The monoisotopic (exact) mass is 254 g/mol. The molecular formula is C12H15ClN2O2. The van der Waals surface area contributed by atoms with Crippen molar-refractivity contribution in [3.63, 3.8) is 0 Å². The summed E-state index contributed by atoms with van der Waals surface area (Å²) in [4.78, 5) is 13.3. The number of nitrogens with two attached hydrogens (primary N) is 1. The van der Waals surface area contributed by atoms with Crippen LogP contribution >= 0.6 is 11.6 Å². The van der Waals surface area contributed by atoms with Crippen LogP contribution in [-0.2, 0) is 4.74 Å². The zero-order valence-electron chi connectivity index (χ0n) is 9.87. The first-order valence-corrected chi connectivity index (χ1v) is 5.85. The molecule has 1 aliphatic heterocycles. The Kier molecular flexibility index (Phi) is 3.26. The van der Waals surface area contributed by atoms with Gasteiger partial charge in [-0.3, -0.25) is 4.90 Å². The van der Waals surface area contributed by atoms with Gasteiger partial charge in [0.25, 0.3) is 0 Å². The number of carbonyl (C=O) groups is 1. The molecule has 17 heavy (non-hydrogen) atoms. The number of carbonyl (C=O) groups excluding carboxylic acids is 1. The summed E-state index contributed by atoms with van der Waals surface area (Å²) in [5.41, 5.74) is 8.36. The van der Waals surface area contributed by atoms with E-state index < -0.39 is 0 Å². The topological polar surface area (TPSA) is 55.6 Å². The molecule has 0 bridgehead atoms. The molecule has 5 heteroatoms. The molecular weight excluding hydrogens is 240 g/mol. The van der Waals surface area contributed by atoms with Crippen molar-refractivity contribution in [2.24, 2.45) is 5.73 Å². The van der Waals surface area contributed by atoms with Crippen molar-refractivity contribution >= 4 is 23.4 Å². The van der Waals surface area contributed by atoms with Crippen LogP contribution in [0.3, 0.4) is 0 Å². The molecule has 1 aromatic rings. The first kappa shape index (κ1) is 12.2.